The van der Waals surface area contributed by atoms with E-state index in [0.29, 0.717) is 12.0 Å². The number of hydrogen-bond donors (Lipinski definition) is 0. The average molecular weight is 390 g/mol. The van der Waals surface area contributed by atoms with Gasteiger partial charge in [0, 0.05) is 30.4 Å². The maximum atomic E-state index is 9.28. The molecule has 29 heavy (non-hydrogen) atoms. The summed E-state index contributed by atoms with van der Waals surface area (Å²) in [5.41, 5.74) is 7.08. The molecule has 1 aliphatic rings. The van der Waals surface area contributed by atoms with Crippen LogP contribution in [-0.2, 0) is 6.42 Å². The number of anilines is 1. The van der Waals surface area contributed by atoms with Gasteiger partial charge in [-0.3, -0.25) is 0 Å². The first-order valence-electron chi connectivity index (χ1n) is 11.0. The Hall–Kier alpha value is -2.31. The predicted molar refractivity (Wildman–Crippen MR) is 123 cm³/mol. The van der Waals surface area contributed by atoms with Gasteiger partial charge in [0.1, 0.15) is 0 Å². The third-order valence-electron chi connectivity index (χ3n) is 6.36. The van der Waals surface area contributed by atoms with E-state index >= 15 is 0 Å². The van der Waals surface area contributed by atoms with Crippen molar-refractivity contribution in [3.8, 4) is 17.2 Å². The van der Waals surface area contributed by atoms with Gasteiger partial charge in [-0.2, -0.15) is 5.26 Å². The van der Waals surface area contributed by atoms with Crippen LogP contribution in [0, 0.1) is 24.2 Å². The van der Waals surface area contributed by atoms with Crippen LogP contribution in [0.15, 0.2) is 36.4 Å². The Labute approximate surface area is 177 Å². The third kappa shape index (κ3) is 5.19. The van der Waals surface area contributed by atoms with E-state index in [1.807, 2.05) is 13.0 Å². The van der Waals surface area contributed by atoms with Gasteiger partial charge in [-0.15, -0.1) is 0 Å². The largest absolute Gasteiger partial charge is 0.371 e. The zero-order chi connectivity index (χ0) is 21.0. The van der Waals surface area contributed by atoms with Gasteiger partial charge in [0.25, 0.3) is 0 Å². The second-order valence-corrected chi connectivity index (χ2v) is 9.01. The number of benzene rings is 2. The van der Waals surface area contributed by atoms with Crippen molar-refractivity contribution in [3.63, 3.8) is 0 Å². The van der Waals surface area contributed by atoms with E-state index in [1.165, 1.54) is 35.2 Å². The molecule has 1 saturated heterocycles. The van der Waals surface area contributed by atoms with Crippen molar-refractivity contribution in [1.82, 2.24) is 4.90 Å². The van der Waals surface area contributed by atoms with E-state index in [1.54, 1.807) is 0 Å². The first-order chi connectivity index (χ1) is 13.9. The second kappa shape index (κ2) is 9.46. The monoisotopic (exact) mass is 389 g/mol. The summed E-state index contributed by atoms with van der Waals surface area (Å²) in [5.74, 6) is 0.654. The molecule has 0 radical (unpaired) electrons. The van der Waals surface area contributed by atoms with Crippen LogP contribution in [0.2, 0.25) is 0 Å². The van der Waals surface area contributed by atoms with Crippen LogP contribution in [-0.4, -0.2) is 37.6 Å². The maximum absolute atomic E-state index is 9.28. The van der Waals surface area contributed by atoms with E-state index in [0.717, 1.165) is 37.2 Å². The lowest BCUT2D eigenvalue weighted by Crippen LogP contribution is -2.37. The molecule has 0 aromatic heterocycles. The summed E-state index contributed by atoms with van der Waals surface area (Å²) in [4.78, 5) is 4.89. The first kappa shape index (κ1) is 21.4. The van der Waals surface area contributed by atoms with Gasteiger partial charge >= 0.3 is 0 Å². The number of aryl methyl sites for hydroxylation is 1. The van der Waals surface area contributed by atoms with Crippen LogP contribution >= 0.6 is 0 Å². The SMILES string of the molecule is Cc1cc(-c2cc(CC(C)CCN(C)C(C)C)ccc2N2CCC2)ccc1C#N. The highest BCUT2D eigenvalue weighted by Gasteiger charge is 2.19. The van der Waals surface area contributed by atoms with Crippen molar-refractivity contribution in [2.24, 2.45) is 5.92 Å². The normalized spacial score (nSPS) is 14.8. The minimum atomic E-state index is 0.601. The topological polar surface area (TPSA) is 30.3 Å². The van der Waals surface area contributed by atoms with Gasteiger partial charge < -0.3 is 9.80 Å². The molecule has 0 amide bonds. The Bertz CT molecular complexity index is 874. The molecule has 2 aromatic carbocycles. The molecule has 0 N–H and O–H groups in total. The third-order valence-corrected chi connectivity index (χ3v) is 6.36. The smallest absolute Gasteiger partial charge is 0.0994 e. The molecule has 1 fully saturated rings. The Balaban J connectivity index is 1.83. The van der Waals surface area contributed by atoms with Gasteiger partial charge in [-0.05, 0) is 94.4 Å². The molecule has 0 saturated carbocycles. The van der Waals surface area contributed by atoms with Crippen molar-refractivity contribution in [3.05, 3.63) is 53.1 Å². The summed E-state index contributed by atoms with van der Waals surface area (Å²) in [5, 5.41) is 9.28. The van der Waals surface area contributed by atoms with Crippen molar-refractivity contribution in [1.29, 1.82) is 5.26 Å². The van der Waals surface area contributed by atoms with E-state index in [2.05, 4.69) is 74.0 Å². The van der Waals surface area contributed by atoms with Crippen LogP contribution < -0.4 is 4.90 Å². The number of rotatable bonds is 8. The number of hydrogen-bond acceptors (Lipinski definition) is 3. The molecule has 154 valence electrons. The summed E-state index contributed by atoms with van der Waals surface area (Å²) < 4.78 is 0. The molecule has 3 rings (SSSR count). The minimum Gasteiger partial charge on any atom is -0.371 e. The van der Waals surface area contributed by atoms with Gasteiger partial charge in [-0.1, -0.05) is 25.1 Å². The summed E-state index contributed by atoms with van der Waals surface area (Å²) in [6.45, 7) is 12.3. The lowest BCUT2D eigenvalue weighted by atomic mass is 9.92. The highest BCUT2D eigenvalue weighted by atomic mass is 15.2. The van der Waals surface area contributed by atoms with E-state index in [-0.39, 0.29) is 0 Å². The Morgan fingerprint density at radius 2 is 1.86 bits per heavy atom. The van der Waals surface area contributed by atoms with Crippen molar-refractivity contribution < 1.29 is 0 Å². The zero-order valence-corrected chi connectivity index (χ0v) is 18.7. The number of nitrogens with zero attached hydrogens (tertiary/aromatic N) is 3. The summed E-state index contributed by atoms with van der Waals surface area (Å²) >= 11 is 0. The van der Waals surface area contributed by atoms with Gasteiger partial charge in [0.15, 0.2) is 0 Å². The molecule has 1 aliphatic heterocycles. The molecule has 3 nitrogen and oxygen atoms in total. The predicted octanol–water partition coefficient (Wildman–Crippen LogP) is 5.65. The fourth-order valence-electron chi connectivity index (χ4n) is 3.92. The lowest BCUT2D eigenvalue weighted by Gasteiger charge is -2.35. The summed E-state index contributed by atoms with van der Waals surface area (Å²) in [7, 11) is 2.21. The molecular weight excluding hydrogens is 354 g/mol. The van der Waals surface area contributed by atoms with Gasteiger partial charge in [-0.25, -0.2) is 0 Å². The fraction of sp³-hybridized carbons (Fsp3) is 0.500. The lowest BCUT2D eigenvalue weighted by molar-refractivity contribution is 0.254. The van der Waals surface area contributed by atoms with E-state index in [4.69, 9.17) is 0 Å². The molecule has 1 heterocycles. The van der Waals surface area contributed by atoms with Crippen LogP contribution in [0.25, 0.3) is 11.1 Å². The van der Waals surface area contributed by atoms with E-state index < -0.39 is 0 Å². The second-order valence-electron chi connectivity index (χ2n) is 9.01. The molecule has 1 unspecified atom stereocenters. The zero-order valence-electron chi connectivity index (χ0n) is 18.7. The number of nitriles is 1. The first-order valence-corrected chi connectivity index (χ1v) is 11.0. The molecule has 1 atom stereocenters. The summed E-state index contributed by atoms with van der Waals surface area (Å²) in [6.07, 6.45) is 3.59. The molecule has 2 aromatic rings. The van der Waals surface area contributed by atoms with Crippen molar-refractivity contribution >= 4 is 5.69 Å². The van der Waals surface area contributed by atoms with Crippen LogP contribution in [0.5, 0.6) is 0 Å². The highest BCUT2D eigenvalue weighted by Crippen LogP contribution is 2.35. The highest BCUT2D eigenvalue weighted by molar-refractivity contribution is 5.80. The standard InChI is InChI=1S/C26H35N3/c1-19(2)28(5)14-11-20(3)15-22-7-10-26(29-12-6-13-29)25(17-22)23-8-9-24(18-27)21(4)16-23/h7-10,16-17,19-20H,6,11-15H2,1-5H3. The molecule has 0 bridgehead atoms. The average Bonchev–Trinajstić information content (AvgIpc) is 2.65. The Morgan fingerprint density at radius 1 is 1.10 bits per heavy atom. The van der Waals surface area contributed by atoms with Crippen LogP contribution in [0.3, 0.4) is 0 Å². The fourth-order valence-corrected chi connectivity index (χ4v) is 3.92. The summed E-state index contributed by atoms with van der Waals surface area (Å²) in [6, 6.07) is 16.1. The van der Waals surface area contributed by atoms with E-state index in [9.17, 15) is 5.26 Å². The Kier molecular flexibility index (Phi) is 6.98. The Morgan fingerprint density at radius 3 is 2.45 bits per heavy atom. The van der Waals surface area contributed by atoms with Gasteiger partial charge in [0.05, 0.1) is 11.6 Å². The van der Waals surface area contributed by atoms with Crippen LogP contribution in [0.1, 0.15) is 50.3 Å². The van der Waals surface area contributed by atoms with Gasteiger partial charge in [0.2, 0.25) is 0 Å². The molecule has 0 spiro atoms. The maximum Gasteiger partial charge on any atom is 0.0994 e. The minimum absolute atomic E-state index is 0.601. The van der Waals surface area contributed by atoms with Crippen LogP contribution in [0.4, 0.5) is 5.69 Å². The van der Waals surface area contributed by atoms with Crippen molar-refractivity contribution in [2.45, 2.75) is 53.0 Å². The molecule has 3 heteroatoms. The quantitative estimate of drug-likeness (QED) is 0.584. The molecular formula is C26H35N3. The van der Waals surface area contributed by atoms with Crippen molar-refractivity contribution in [2.75, 3.05) is 31.6 Å². The molecule has 0 aliphatic carbocycles.